The predicted molar refractivity (Wildman–Crippen MR) is 146 cm³/mol. The number of aromatic nitrogens is 1. The molecule has 7 nitrogen and oxygen atoms in total. The SMILES string of the molecule is Cc1onc(-c2c(F)cccc2Cl)c1C(=O)Nc1ccc(C(=O)/C=C/c2ccc(N(C)CCO)cc2)cc1. The second kappa shape index (κ2) is 11.9. The molecular weight excluding hydrogens is 509 g/mol. The minimum atomic E-state index is -0.624. The highest BCUT2D eigenvalue weighted by Crippen LogP contribution is 2.33. The normalized spacial score (nSPS) is 11.1. The van der Waals surface area contributed by atoms with Crippen molar-refractivity contribution in [3.8, 4) is 11.3 Å². The molecule has 194 valence electrons. The smallest absolute Gasteiger partial charge is 0.261 e. The highest BCUT2D eigenvalue weighted by molar-refractivity contribution is 6.33. The van der Waals surface area contributed by atoms with Crippen LogP contribution in [0.5, 0.6) is 0 Å². The molecule has 1 aromatic heterocycles. The molecule has 0 saturated heterocycles. The van der Waals surface area contributed by atoms with Crippen LogP contribution < -0.4 is 10.2 Å². The summed E-state index contributed by atoms with van der Waals surface area (Å²) in [5, 5.41) is 15.7. The summed E-state index contributed by atoms with van der Waals surface area (Å²) in [7, 11) is 1.89. The van der Waals surface area contributed by atoms with Crippen molar-refractivity contribution in [2.75, 3.05) is 30.4 Å². The van der Waals surface area contributed by atoms with E-state index in [2.05, 4.69) is 10.5 Å². The third-order valence-electron chi connectivity index (χ3n) is 5.91. The number of carbonyl (C=O) groups excluding carboxylic acids is 2. The van der Waals surface area contributed by atoms with Gasteiger partial charge in [0.15, 0.2) is 5.78 Å². The van der Waals surface area contributed by atoms with E-state index < -0.39 is 11.7 Å². The first-order valence-corrected chi connectivity index (χ1v) is 12.1. The molecule has 1 heterocycles. The summed E-state index contributed by atoms with van der Waals surface area (Å²) < 4.78 is 19.6. The monoisotopic (exact) mass is 533 g/mol. The van der Waals surface area contributed by atoms with E-state index in [0.717, 1.165) is 11.3 Å². The maximum absolute atomic E-state index is 14.4. The molecule has 0 atom stereocenters. The predicted octanol–water partition coefficient (Wildman–Crippen LogP) is 6.02. The Bertz CT molecular complexity index is 1460. The molecule has 0 aliphatic rings. The molecule has 4 rings (SSSR count). The number of ketones is 1. The fourth-order valence-corrected chi connectivity index (χ4v) is 4.09. The van der Waals surface area contributed by atoms with Gasteiger partial charge in [-0.15, -0.1) is 0 Å². The maximum Gasteiger partial charge on any atom is 0.261 e. The average Bonchev–Trinajstić information content (AvgIpc) is 3.29. The lowest BCUT2D eigenvalue weighted by Gasteiger charge is -2.17. The van der Waals surface area contributed by atoms with Crippen molar-refractivity contribution in [1.29, 1.82) is 0 Å². The lowest BCUT2D eigenvalue weighted by Crippen LogP contribution is -2.20. The van der Waals surface area contributed by atoms with Gasteiger partial charge in [0.05, 0.1) is 17.2 Å². The van der Waals surface area contributed by atoms with Crippen molar-refractivity contribution in [3.05, 3.63) is 106 Å². The van der Waals surface area contributed by atoms with Crippen LogP contribution in [0.1, 0.15) is 32.0 Å². The zero-order valence-corrected chi connectivity index (χ0v) is 21.5. The first kappa shape index (κ1) is 26.8. The number of aliphatic hydroxyl groups is 1. The van der Waals surface area contributed by atoms with Crippen molar-refractivity contribution >= 4 is 40.7 Å². The number of aliphatic hydroxyl groups excluding tert-OH is 1. The van der Waals surface area contributed by atoms with E-state index in [1.165, 1.54) is 24.3 Å². The van der Waals surface area contributed by atoms with E-state index in [-0.39, 0.29) is 40.0 Å². The Labute approximate surface area is 224 Å². The van der Waals surface area contributed by atoms with Crippen LogP contribution in [-0.2, 0) is 0 Å². The summed E-state index contributed by atoms with van der Waals surface area (Å²) >= 11 is 6.15. The summed E-state index contributed by atoms with van der Waals surface area (Å²) in [6.45, 7) is 2.15. The number of hydrogen-bond acceptors (Lipinski definition) is 6. The zero-order valence-electron chi connectivity index (χ0n) is 20.7. The largest absolute Gasteiger partial charge is 0.395 e. The van der Waals surface area contributed by atoms with Gasteiger partial charge in [-0.2, -0.15) is 0 Å². The summed E-state index contributed by atoms with van der Waals surface area (Å²) in [6, 6.07) is 18.2. The second-order valence-corrected chi connectivity index (χ2v) is 8.93. The molecule has 3 aromatic carbocycles. The molecule has 0 aliphatic carbocycles. The number of benzene rings is 3. The number of anilines is 2. The van der Waals surface area contributed by atoms with Crippen molar-refractivity contribution in [3.63, 3.8) is 0 Å². The minimum Gasteiger partial charge on any atom is -0.395 e. The standard InChI is InChI=1S/C29H25ClFN3O4/c1-18-26(28(33-38-18)27-23(30)4-3-5-24(27)31)29(37)32-21-11-9-20(10-12-21)25(36)15-8-19-6-13-22(14-7-19)34(2)16-17-35/h3-15,35H,16-17H2,1-2H3,(H,32,37)/b15-8+. The number of likely N-dealkylation sites (N-methyl/N-ethyl adjacent to an activating group) is 1. The Morgan fingerprint density at radius 3 is 2.47 bits per heavy atom. The summed E-state index contributed by atoms with van der Waals surface area (Å²) in [4.78, 5) is 27.6. The summed E-state index contributed by atoms with van der Waals surface area (Å²) in [5.41, 5.74) is 2.75. The van der Waals surface area contributed by atoms with Gasteiger partial charge in [-0.25, -0.2) is 4.39 Å². The number of rotatable bonds is 9. The first-order valence-electron chi connectivity index (χ1n) is 11.7. The Hall–Kier alpha value is -4.27. The maximum atomic E-state index is 14.4. The molecule has 38 heavy (non-hydrogen) atoms. The van der Waals surface area contributed by atoms with Crippen LogP contribution in [0.25, 0.3) is 17.3 Å². The third-order valence-corrected chi connectivity index (χ3v) is 6.23. The van der Waals surface area contributed by atoms with Gasteiger partial charge in [-0.1, -0.05) is 41.0 Å². The number of carbonyl (C=O) groups is 2. The van der Waals surface area contributed by atoms with E-state index in [1.807, 2.05) is 36.2 Å². The molecule has 0 fully saturated rings. The van der Waals surface area contributed by atoms with E-state index in [4.69, 9.17) is 21.2 Å². The van der Waals surface area contributed by atoms with E-state index in [9.17, 15) is 14.0 Å². The minimum absolute atomic E-state index is 0.00751. The van der Waals surface area contributed by atoms with E-state index in [1.54, 1.807) is 37.3 Å². The molecule has 9 heteroatoms. The molecule has 0 aliphatic heterocycles. The molecular formula is C29H25ClFN3O4. The molecule has 2 N–H and O–H groups in total. The fourth-order valence-electron chi connectivity index (χ4n) is 3.83. The second-order valence-electron chi connectivity index (χ2n) is 8.52. The number of allylic oxidation sites excluding steroid dienone is 1. The number of hydrogen-bond donors (Lipinski definition) is 2. The van der Waals surface area contributed by atoms with Gasteiger partial charge in [0, 0.05) is 30.5 Å². The molecule has 0 bridgehead atoms. The molecule has 0 spiro atoms. The average molecular weight is 534 g/mol. The van der Waals surface area contributed by atoms with Crippen LogP contribution in [0.15, 0.2) is 77.3 Å². The lowest BCUT2D eigenvalue weighted by molar-refractivity contribution is 0.102. The Morgan fingerprint density at radius 2 is 1.82 bits per heavy atom. The number of amides is 1. The van der Waals surface area contributed by atoms with E-state index in [0.29, 0.717) is 17.8 Å². The number of nitrogens with one attached hydrogen (secondary N) is 1. The van der Waals surface area contributed by atoms with Gasteiger partial charge in [-0.3, -0.25) is 9.59 Å². The van der Waals surface area contributed by atoms with Crippen LogP contribution in [0, 0.1) is 12.7 Å². The summed E-state index contributed by atoms with van der Waals surface area (Å²) in [5.74, 6) is -1.16. The summed E-state index contributed by atoms with van der Waals surface area (Å²) in [6.07, 6.45) is 3.20. The van der Waals surface area contributed by atoms with Gasteiger partial charge >= 0.3 is 0 Å². The van der Waals surface area contributed by atoms with Crippen LogP contribution in [0.4, 0.5) is 15.8 Å². The van der Waals surface area contributed by atoms with Crippen molar-refractivity contribution in [2.45, 2.75) is 6.92 Å². The van der Waals surface area contributed by atoms with Gasteiger partial charge in [0.2, 0.25) is 0 Å². The van der Waals surface area contributed by atoms with Crippen molar-refractivity contribution < 1.29 is 23.6 Å². The highest BCUT2D eigenvalue weighted by Gasteiger charge is 2.25. The van der Waals surface area contributed by atoms with Crippen molar-refractivity contribution in [1.82, 2.24) is 5.16 Å². The molecule has 0 saturated carbocycles. The van der Waals surface area contributed by atoms with Crippen LogP contribution in [0.2, 0.25) is 5.02 Å². The van der Waals surface area contributed by atoms with Crippen molar-refractivity contribution in [2.24, 2.45) is 0 Å². The topological polar surface area (TPSA) is 95.7 Å². The van der Waals surface area contributed by atoms with Gasteiger partial charge in [0.1, 0.15) is 22.8 Å². The van der Waals surface area contributed by atoms with E-state index >= 15 is 0 Å². The van der Waals surface area contributed by atoms with Gasteiger partial charge in [-0.05, 0) is 67.1 Å². The van der Waals surface area contributed by atoms with Crippen LogP contribution in [-0.4, -0.2) is 42.2 Å². The zero-order chi connectivity index (χ0) is 27.2. The highest BCUT2D eigenvalue weighted by atomic mass is 35.5. The number of halogens is 2. The first-order chi connectivity index (χ1) is 18.3. The molecule has 0 unspecified atom stereocenters. The molecule has 1 amide bonds. The Balaban J connectivity index is 1.44. The lowest BCUT2D eigenvalue weighted by atomic mass is 10.0. The van der Waals surface area contributed by atoms with Crippen LogP contribution in [0.3, 0.4) is 0 Å². The van der Waals surface area contributed by atoms with Gasteiger partial charge < -0.3 is 19.8 Å². The quantitative estimate of drug-likeness (QED) is 0.202. The van der Waals surface area contributed by atoms with Crippen LogP contribution >= 0.6 is 11.6 Å². The Kier molecular flexibility index (Phi) is 8.35. The third kappa shape index (κ3) is 5.99. The fraction of sp³-hybridized carbons (Fsp3) is 0.138. The van der Waals surface area contributed by atoms with Gasteiger partial charge in [0.25, 0.3) is 5.91 Å². The Morgan fingerprint density at radius 1 is 1.11 bits per heavy atom. The molecule has 0 radical (unpaired) electrons. The molecule has 4 aromatic rings. The number of aryl methyl sites for hydroxylation is 1. The number of nitrogens with zero attached hydrogens (tertiary/aromatic N) is 2.